The van der Waals surface area contributed by atoms with Crippen LogP contribution in [-0.2, 0) is 28.0 Å². The zero-order chi connectivity index (χ0) is 32.5. The van der Waals surface area contributed by atoms with Crippen LogP contribution >= 0.6 is 0 Å². The number of methoxy groups -OCH3 is 4. The molecule has 3 saturated heterocycles. The van der Waals surface area contributed by atoms with E-state index < -0.39 is 6.35 Å². The van der Waals surface area contributed by atoms with Crippen LogP contribution in [0.1, 0.15) is 62.6 Å². The van der Waals surface area contributed by atoms with Gasteiger partial charge in [-0.15, -0.1) is 0 Å². The van der Waals surface area contributed by atoms with Gasteiger partial charge in [-0.05, 0) is 61.4 Å². The SMILES string of the molecule is COc1cc(CN2CCC3(CC2)C2=CC(C)(C)c4c(cc(OC)cc4OC)CN2C(O)N3CCOC2CCCCO2)cc(OC)c1. The first-order valence-electron chi connectivity index (χ1n) is 16.6. The highest BCUT2D eigenvalue weighted by atomic mass is 16.7. The number of hydrogen-bond acceptors (Lipinski definition) is 10. The number of likely N-dealkylation sites (tertiary alicyclic amines) is 1. The summed E-state index contributed by atoms with van der Waals surface area (Å²) in [6, 6.07) is 10.1. The van der Waals surface area contributed by atoms with E-state index in [1.54, 1.807) is 28.4 Å². The minimum atomic E-state index is -0.796. The van der Waals surface area contributed by atoms with E-state index in [9.17, 15) is 5.11 Å². The van der Waals surface area contributed by atoms with E-state index in [-0.39, 0.29) is 17.2 Å². The molecule has 4 aliphatic heterocycles. The van der Waals surface area contributed by atoms with Gasteiger partial charge in [-0.25, -0.2) is 4.90 Å². The van der Waals surface area contributed by atoms with Crippen LogP contribution in [0.3, 0.4) is 0 Å². The van der Waals surface area contributed by atoms with E-state index in [0.717, 1.165) is 98.0 Å². The fourth-order valence-corrected chi connectivity index (χ4v) is 7.98. The average molecular weight is 638 g/mol. The van der Waals surface area contributed by atoms with Crippen molar-refractivity contribution < 1.29 is 33.5 Å². The van der Waals surface area contributed by atoms with Crippen LogP contribution in [-0.4, -0.2) is 99.3 Å². The molecule has 0 amide bonds. The number of fused-ring (bicyclic) bond motifs is 3. The first kappa shape index (κ1) is 32.9. The Kier molecular flexibility index (Phi) is 9.73. The molecule has 4 heterocycles. The van der Waals surface area contributed by atoms with Crippen LogP contribution in [0, 0.1) is 0 Å². The van der Waals surface area contributed by atoms with E-state index in [0.29, 0.717) is 19.7 Å². The summed E-state index contributed by atoms with van der Waals surface area (Å²) < 4.78 is 34.7. The maximum atomic E-state index is 12.1. The van der Waals surface area contributed by atoms with Crippen molar-refractivity contribution in [3.63, 3.8) is 0 Å². The zero-order valence-electron chi connectivity index (χ0n) is 28.3. The van der Waals surface area contributed by atoms with Crippen LogP contribution in [0.25, 0.3) is 0 Å². The molecule has 4 aliphatic rings. The maximum Gasteiger partial charge on any atom is 0.187 e. The Morgan fingerprint density at radius 1 is 0.891 bits per heavy atom. The first-order valence-corrected chi connectivity index (χ1v) is 16.6. The molecule has 3 fully saturated rings. The predicted octanol–water partition coefficient (Wildman–Crippen LogP) is 4.87. The average Bonchev–Trinajstić information content (AvgIpc) is 3.17. The largest absolute Gasteiger partial charge is 0.497 e. The van der Waals surface area contributed by atoms with Crippen LogP contribution < -0.4 is 18.9 Å². The van der Waals surface area contributed by atoms with Crippen molar-refractivity contribution in [2.75, 3.05) is 61.3 Å². The van der Waals surface area contributed by atoms with Crippen LogP contribution in [0.4, 0.5) is 0 Å². The Labute approximate surface area is 273 Å². The molecule has 0 saturated carbocycles. The summed E-state index contributed by atoms with van der Waals surface area (Å²) in [6.45, 7) is 9.45. The molecule has 1 spiro atoms. The summed E-state index contributed by atoms with van der Waals surface area (Å²) in [5.74, 6) is 3.15. The number of ether oxygens (including phenoxy) is 6. The summed E-state index contributed by atoms with van der Waals surface area (Å²) in [6.07, 6.45) is 6.30. The van der Waals surface area contributed by atoms with E-state index in [4.69, 9.17) is 28.4 Å². The zero-order valence-corrected chi connectivity index (χ0v) is 28.3. The van der Waals surface area contributed by atoms with Crippen molar-refractivity contribution in [3.05, 3.63) is 58.8 Å². The monoisotopic (exact) mass is 637 g/mol. The van der Waals surface area contributed by atoms with Crippen molar-refractivity contribution in [1.82, 2.24) is 14.7 Å². The van der Waals surface area contributed by atoms with Gasteiger partial charge in [0, 0.05) is 68.1 Å². The molecule has 46 heavy (non-hydrogen) atoms. The number of nitrogens with zero attached hydrogens (tertiary/aromatic N) is 3. The molecular weight excluding hydrogens is 586 g/mol. The van der Waals surface area contributed by atoms with E-state index in [2.05, 4.69) is 52.8 Å². The number of allylic oxidation sites excluding steroid dienone is 1. The summed E-state index contributed by atoms with van der Waals surface area (Å²) in [5.41, 5.74) is 3.87. The Morgan fingerprint density at radius 3 is 2.22 bits per heavy atom. The van der Waals surface area contributed by atoms with Gasteiger partial charge in [0.25, 0.3) is 0 Å². The third-order valence-corrected chi connectivity index (χ3v) is 10.3. The molecule has 0 aromatic heterocycles. The third kappa shape index (κ3) is 6.30. The van der Waals surface area contributed by atoms with Gasteiger partial charge in [0.1, 0.15) is 23.0 Å². The van der Waals surface area contributed by atoms with E-state index in [1.165, 1.54) is 5.70 Å². The third-order valence-electron chi connectivity index (χ3n) is 10.3. The second-order valence-electron chi connectivity index (χ2n) is 13.5. The molecule has 10 heteroatoms. The van der Waals surface area contributed by atoms with Gasteiger partial charge in [-0.3, -0.25) is 4.90 Å². The molecular formula is C36H51N3O7. The fraction of sp³-hybridized carbons (Fsp3) is 0.611. The van der Waals surface area contributed by atoms with E-state index >= 15 is 0 Å². The van der Waals surface area contributed by atoms with Gasteiger partial charge in [-0.2, -0.15) is 0 Å². The maximum absolute atomic E-state index is 12.1. The predicted molar refractivity (Wildman–Crippen MR) is 175 cm³/mol. The number of hydrogen-bond donors (Lipinski definition) is 1. The molecule has 6 rings (SSSR count). The quantitative estimate of drug-likeness (QED) is 0.390. The van der Waals surface area contributed by atoms with Gasteiger partial charge in [0.2, 0.25) is 0 Å². The number of aliphatic hydroxyl groups excluding tert-OH is 1. The molecule has 2 atom stereocenters. The number of rotatable bonds is 10. The van der Waals surface area contributed by atoms with Crippen LogP contribution in [0.15, 0.2) is 42.1 Å². The topological polar surface area (TPSA) is 85.3 Å². The van der Waals surface area contributed by atoms with Gasteiger partial charge >= 0.3 is 0 Å². The fourth-order valence-electron chi connectivity index (χ4n) is 7.98. The second-order valence-corrected chi connectivity index (χ2v) is 13.5. The smallest absolute Gasteiger partial charge is 0.187 e. The van der Waals surface area contributed by atoms with Crippen molar-refractivity contribution in [1.29, 1.82) is 0 Å². The summed E-state index contributed by atoms with van der Waals surface area (Å²) >= 11 is 0. The van der Waals surface area contributed by atoms with Crippen LogP contribution in [0.2, 0.25) is 0 Å². The minimum Gasteiger partial charge on any atom is -0.497 e. The molecule has 2 unspecified atom stereocenters. The summed E-state index contributed by atoms with van der Waals surface area (Å²) in [5, 5.41) is 12.1. The minimum absolute atomic E-state index is 0.165. The number of piperidine rings is 1. The molecule has 252 valence electrons. The van der Waals surface area contributed by atoms with Crippen molar-refractivity contribution in [2.24, 2.45) is 0 Å². The lowest BCUT2D eigenvalue weighted by Crippen LogP contribution is -2.55. The van der Waals surface area contributed by atoms with Crippen molar-refractivity contribution >= 4 is 0 Å². The molecule has 0 aliphatic carbocycles. The van der Waals surface area contributed by atoms with Gasteiger partial charge in [0.05, 0.1) is 40.6 Å². The standard InChI is InChI=1S/C36H51N3O7/c1-35(2)22-31-36(10-12-37(13-11-36)23-25-17-27(41-3)20-28(18-25)42-4)39(14-16-46-32-9-7-8-15-45-32)34(40)38(31)24-26-19-29(43-5)21-30(44-6)33(26)35/h17-22,32,34,40H,7-16,23-24H2,1-6H3. The Bertz CT molecular complexity index is 1380. The molecule has 0 radical (unpaired) electrons. The van der Waals surface area contributed by atoms with Gasteiger partial charge < -0.3 is 38.4 Å². The highest BCUT2D eigenvalue weighted by Gasteiger charge is 2.56. The van der Waals surface area contributed by atoms with Gasteiger partial charge in [-0.1, -0.05) is 19.9 Å². The van der Waals surface area contributed by atoms with Crippen LogP contribution in [0.5, 0.6) is 23.0 Å². The molecule has 1 N–H and O–H groups in total. The summed E-state index contributed by atoms with van der Waals surface area (Å²) in [4.78, 5) is 6.96. The number of benzene rings is 2. The Balaban J connectivity index is 1.30. The lowest BCUT2D eigenvalue weighted by molar-refractivity contribution is -0.173. The van der Waals surface area contributed by atoms with Crippen molar-refractivity contribution in [3.8, 4) is 23.0 Å². The lowest BCUT2D eigenvalue weighted by Gasteiger charge is -2.45. The molecule has 2 aromatic carbocycles. The Morgan fingerprint density at radius 2 is 1.59 bits per heavy atom. The number of aliphatic hydroxyl groups is 1. The van der Waals surface area contributed by atoms with E-state index in [1.807, 2.05) is 12.1 Å². The van der Waals surface area contributed by atoms with Crippen molar-refractivity contribution in [2.45, 2.75) is 82.6 Å². The normalized spacial score (nSPS) is 24.2. The molecule has 0 bridgehead atoms. The van der Waals surface area contributed by atoms with Gasteiger partial charge in [0.15, 0.2) is 12.6 Å². The second kappa shape index (κ2) is 13.6. The lowest BCUT2D eigenvalue weighted by atomic mass is 9.77. The Hall–Kier alpha value is -3.02. The first-order chi connectivity index (χ1) is 22.2. The highest BCUT2D eigenvalue weighted by molar-refractivity contribution is 5.54. The molecule has 2 aromatic rings. The molecule has 10 nitrogen and oxygen atoms in total. The summed E-state index contributed by atoms with van der Waals surface area (Å²) in [7, 11) is 6.77. The highest BCUT2D eigenvalue weighted by Crippen LogP contribution is 2.51.